The van der Waals surface area contributed by atoms with Crippen molar-refractivity contribution in [3.8, 4) is 11.5 Å². The second-order valence-corrected chi connectivity index (χ2v) is 6.55. The number of nitrogens with two attached hydrogens (primary N) is 1. The van der Waals surface area contributed by atoms with Crippen LogP contribution in [0, 0.1) is 17.5 Å². The summed E-state index contributed by atoms with van der Waals surface area (Å²) in [6, 6.07) is 5.52. The molecule has 0 bridgehead atoms. The Bertz CT molecular complexity index is 860. The molecule has 0 heterocycles. The highest BCUT2D eigenvalue weighted by molar-refractivity contribution is 5.78. The molecular formula is C21H25F3N2O3. The maximum absolute atomic E-state index is 14.2. The molecule has 29 heavy (non-hydrogen) atoms. The summed E-state index contributed by atoms with van der Waals surface area (Å²) in [7, 11) is 0. The lowest BCUT2D eigenvalue weighted by atomic mass is 10.0. The molecule has 0 aromatic heterocycles. The largest absolute Gasteiger partial charge is 0.504 e. The Labute approximate surface area is 167 Å². The van der Waals surface area contributed by atoms with Gasteiger partial charge in [0.15, 0.2) is 23.1 Å². The Morgan fingerprint density at radius 1 is 1.21 bits per heavy atom. The summed E-state index contributed by atoms with van der Waals surface area (Å²) in [4.78, 5) is 12.0. The molecule has 0 aliphatic carbocycles. The van der Waals surface area contributed by atoms with E-state index in [1.807, 2.05) is 0 Å². The van der Waals surface area contributed by atoms with Gasteiger partial charge in [0.05, 0.1) is 6.42 Å². The van der Waals surface area contributed by atoms with Gasteiger partial charge in [-0.1, -0.05) is 13.0 Å². The van der Waals surface area contributed by atoms with E-state index in [4.69, 9.17) is 10.5 Å². The number of halogens is 3. The molecule has 158 valence electrons. The number of aryl methyl sites for hydroxylation is 1. The van der Waals surface area contributed by atoms with Gasteiger partial charge in [-0.2, -0.15) is 0 Å². The number of aromatic hydroxyl groups is 1. The van der Waals surface area contributed by atoms with Gasteiger partial charge < -0.3 is 20.9 Å². The molecule has 0 radical (unpaired) electrons. The first-order chi connectivity index (χ1) is 13.9. The van der Waals surface area contributed by atoms with Crippen molar-refractivity contribution in [2.45, 2.75) is 32.6 Å². The van der Waals surface area contributed by atoms with E-state index in [0.29, 0.717) is 24.3 Å². The zero-order valence-electron chi connectivity index (χ0n) is 16.2. The van der Waals surface area contributed by atoms with E-state index in [1.165, 1.54) is 6.07 Å². The van der Waals surface area contributed by atoms with Crippen LogP contribution in [0.1, 0.15) is 30.0 Å². The molecule has 0 spiro atoms. The summed E-state index contributed by atoms with van der Waals surface area (Å²) in [5.41, 5.74) is 5.76. The third-order valence-corrected chi connectivity index (χ3v) is 4.38. The summed E-state index contributed by atoms with van der Waals surface area (Å²) in [5.74, 6) is -3.01. The van der Waals surface area contributed by atoms with E-state index in [9.17, 15) is 23.1 Å². The van der Waals surface area contributed by atoms with Gasteiger partial charge in [0.1, 0.15) is 12.4 Å². The minimum atomic E-state index is -1.15. The minimum Gasteiger partial charge on any atom is -0.504 e. The van der Waals surface area contributed by atoms with Gasteiger partial charge in [0.2, 0.25) is 5.91 Å². The van der Waals surface area contributed by atoms with E-state index in [1.54, 1.807) is 19.1 Å². The van der Waals surface area contributed by atoms with Crippen molar-refractivity contribution in [2.24, 2.45) is 5.73 Å². The number of ether oxygens (including phenoxy) is 1. The number of carbonyl (C=O) groups excluding carboxylic acids is 1. The molecule has 0 aliphatic heterocycles. The van der Waals surface area contributed by atoms with Gasteiger partial charge in [-0.05, 0) is 48.6 Å². The third kappa shape index (κ3) is 6.12. The maximum atomic E-state index is 14.2. The molecule has 2 aromatic carbocycles. The molecule has 0 aliphatic rings. The summed E-state index contributed by atoms with van der Waals surface area (Å²) >= 11 is 0. The lowest BCUT2D eigenvalue weighted by Gasteiger charge is -2.11. The number of hydrogen-bond acceptors (Lipinski definition) is 4. The zero-order chi connectivity index (χ0) is 21.4. The van der Waals surface area contributed by atoms with Gasteiger partial charge in [-0.15, -0.1) is 0 Å². The number of phenols is 1. The number of carbonyl (C=O) groups is 1. The number of phenolic OH excluding ortho intramolecular Hbond substituents is 1. The average molecular weight is 410 g/mol. The lowest BCUT2D eigenvalue weighted by Crippen LogP contribution is -2.26. The van der Waals surface area contributed by atoms with Crippen molar-refractivity contribution in [3.63, 3.8) is 0 Å². The first-order valence-electron chi connectivity index (χ1n) is 9.44. The molecule has 0 atom stereocenters. The fourth-order valence-corrected chi connectivity index (χ4v) is 2.92. The van der Waals surface area contributed by atoms with E-state index < -0.39 is 17.5 Å². The van der Waals surface area contributed by atoms with Gasteiger partial charge in [0.25, 0.3) is 0 Å². The Kier molecular flexibility index (Phi) is 8.33. The molecule has 0 unspecified atom stereocenters. The van der Waals surface area contributed by atoms with Crippen LogP contribution in [0.5, 0.6) is 11.5 Å². The smallest absolute Gasteiger partial charge is 0.224 e. The number of benzene rings is 2. The van der Waals surface area contributed by atoms with Crippen molar-refractivity contribution >= 4 is 5.91 Å². The topological polar surface area (TPSA) is 84.6 Å². The second kappa shape index (κ2) is 10.7. The number of hydrogen-bond donors (Lipinski definition) is 3. The van der Waals surface area contributed by atoms with E-state index in [-0.39, 0.29) is 55.2 Å². The molecule has 2 rings (SSSR count). The Hall–Kier alpha value is -2.74. The normalized spacial score (nSPS) is 10.8. The first-order valence-corrected chi connectivity index (χ1v) is 9.44. The van der Waals surface area contributed by atoms with Crippen molar-refractivity contribution in [1.29, 1.82) is 0 Å². The van der Waals surface area contributed by atoms with E-state index >= 15 is 0 Å². The first kappa shape index (κ1) is 22.5. The SMILES string of the molecule is CCc1c(F)c(F)cc(CCCNC(=O)Cc2ccc(OCCN)c(O)c2)c1F. The fourth-order valence-electron chi connectivity index (χ4n) is 2.92. The molecule has 0 fully saturated rings. The quantitative estimate of drug-likeness (QED) is 0.415. The number of nitrogens with one attached hydrogen (secondary N) is 1. The van der Waals surface area contributed by atoms with Crippen LogP contribution >= 0.6 is 0 Å². The third-order valence-electron chi connectivity index (χ3n) is 4.38. The van der Waals surface area contributed by atoms with Gasteiger partial charge in [-0.3, -0.25) is 4.79 Å². The second-order valence-electron chi connectivity index (χ2n) is 6.55. The predicted molar refractivity (Wildman–Crippen MR) is 103 cm³/mol. The molecule has 4 N–H and O–H groups in total. The average Bonchev–Trinajstić information content (AvgIpc) is 2.69. The Balaban J connectivity index is 1.84. The number of rotatable bonds is 10. The van der Waals surface area contributed by atoms with E-state index in [2.05, 4.69) is 5.32 Å². The van der Waals surface area contributed by atoms with Crippen LogP contribution in [0.4, 0.5) is 13.2 Å². The highest BCUT2D eigenvalue weighted by atomic mass is 19.2. The van der Waals surface area contributed by atoms with Crippen LogP contribution in [0.15, 0.2) is 24.3 Å². The summed E-state index contributed by atoms with van der Waals surface area (Å²) in [6.45, 7) is 2.39. The molecule has 2 aromatic rings. The Morgan fingerprint density at radius 3 is 2.62 bits per heavy atom. The van der Waals surface area contributed by atoms with E-state index in [0.717, 1.165) is 6.07 Å². The van der Waals surface area contributed by atoms with Crippen LogP contribution < -0.4 is 15.8 Å². The minimum absolute atomic E-state index is 0.0459. The van der Waals surface area contributed by atoms with Crippen LogP contribution in [0.2, 0.25) is 0 Å². The predicted octanol–water partition coefficient (Wildman–Crippen LogP) is 3.00. The Morgan fingerprint density at radius 2 is 1.97 bits per heavy atom. The van der Waals surface area contributed by atoms with Gasteiger partial charge in [0, 0.05) is 18.7 Å². The van der Waals surface area contributed by atoms with Crippen molar-refractivity contribution in [1.82, 2.24) is 5.32 Å². The summed E-state index contributed by atoms with van der Waals surface area (Å²) < 4.78 is 46.6. The molecular weight excluding hydrogens is 385 g/mol. The lowest BCUT2D eigenvalue weighted by molar-refractivity contribution is -0.120. The van der Waals surface area contributed by atoms with Crippen LogP contribution in [-0.4, -0.2) is 30.7 Å². The summed E-state index contributed by atoms with van der Waals surface area (Å²) in [6.07, 6.45) is 0.643. The fraction of sp³-hybridized carbons (Fsp3) is 0.381. The van der Waals surface area contributed by atoms with Gasteiger partial charge >= 0.3 is 0 Å². The van der Waals surface area contributed by atoms with Gasteiger partial charge in [-0.25, -0.2) is 13.2 Å². The molecule has 5 nitrogen and oxygen atoms in total. The highest BCUT2D eigenvalue weighted by Gasteiger charge is 2.17. The van der Waals surface area contributed by atoms with Crippen LogP contribution in [-0.2, 0) is 24.1 Å². The monoisotopic (exact) mass is 410 g/mol. The molecule has 0 saturated heterocycles. The molecule has 0 saturated carbocycles. The van der Waals surface area contributed by atoms with Crippen molar-refractivity contribution in [2.75, 3.05) is 19.7 Å². The number of amides is 1. The van der Waals surface area contributed by atoms with Crippen LogP contribution in [0.25, 0.3) is 0 Å². The zero-order valence-corrected chi connectivity index (χ0v) is 16.2. The summed E-state index contributed by atoms with van der Waals surface area (Å²) in [5, 5.41) is 12.6. The highest BCUT2D eigenvalue weighted by Crippen LogP contribution is 2.27. The van der Waals surface area contributed by atoms with Crippen LogP contribution in [0.3, 0.4) is 0 Å². The van der Waals surface area contributed by atoms with Crippen molar-refractivity contribution < 1.29 is 27.8 Å². The maximum Gasteiger partial charge on any atom is 0.224 e. The standard InChI is InChI=1S/C21H25F3N2O3/c1-2-15-20(23)14(12-16(22)21(15)24)4-3-8-26-19(28)11-13-5-6-18(17(27)10-13)29-9-7-25/h5-6,10,12,27H,2-4,7-9,11,25H2,1H3,(H,26,28). The molecule has 1 amide bonds. The van der Waals surface area contributed by atoms with Crippen molar-refractivity contribution in [3.05, 3.63) is 58.4 Å². The molecule has 8 heteroatoms.